The lowest BCUT2D eigenvalue weighted by atomic mass is 10.2. The van der Waals surface area contributed by atoms with Crippen LogP contribution in [-0.4, -0.2) is 16.1 Å². The number of benzene rings is 1. The third kappa shape index (κ3) is 2.68. The molecule has 0 unspecified atom stereocenters. The molecule has 0 aliphatic rings. The molecule has 0 atom stereocenters. The van der Waals surface area contributed by atoms with Gasteiger partial charge in [-0.2, -0.15) is 0 Å². The van der Waals surface area contributed by atoms with Crippen LogP contribution in [-0.2, 0) is 11.2 Å². The number of halogens is 1. The second-order valence-corrected chi connectivity index (χ2v) is 5.00. The number of carboxylic acids is 1. The average molecular weight is 298 g/mol. The van der Waals surface area contributed by atoms with Gasteiger partial charge in [0.25, 0.3) is 0 Å². The summed E-state index contributed by atoms with van der Waals surface area (Å²) in [5.74, 6) is -0.855. The Kier molecular flexibility index (Phi) is 3.36. The van der Waals surface area contributed by atoms with E-state index in [1.807, 2.05) is 24.3 Å². The Morgan fingerprint density at radius 2 is 2.31 bits per heavy atom. The zero-order valence-electron chi connectivity index (χ0n) is 8.18. The third-order valence-electron chi connectivity index (χ3n) is 1.96. The lowest BCUT2D eigenvalue weighted by molar-refractivity contribution is -0.136. The van der Waals surface area contributed by atoms with Gasteiger partial charge in [-0.25, -0.2) is 4.98 Å². The number of hydrogen-bond donors (Lipinski definition) is 1. The minimum absolute atomic E-state index is 0.0233. The lowest BCUT2D eigenvalue weighted by Crippen LogP contribution is -1.99. The average Bonchev–Trinajstić information content (AvgIpc) is 2.65. The summed E-state index contributed by atoms with van der Waals surface area (Å²) >= 11 is 4.85. The maximum Gasteiger partial charge on any atom is 0.309 e. The Morgan fingerprint density at radius 1 is 1.50 bits per heavy atom. The summed E-state index contributed by atoms with van der Waals surface area (Å²) in [6.07, 6.45) is -0.0233. The van der Waals surface area contributed by atoms with E-state index in [1.54, 1.807) is 5.38 Å². The first-order valence-corrected chi connectivity index (χ1v) is 6.24. The second-order valence-electron chi connectivity index (χ2n) is 3.22. The molecule has 1 heterocycles. The first-order chi connectivity index (χ1) is 7.65. The maximum absolute atomic E-state index is 10.5. The van der Waals surface area contributed by atoms with Crippen molar-refractivity contribution < 1.29 is 9.90 Å². The van der Waals surface area contributed by atoms with Crippen LogP contribution >= 0.6 is 27.3 Å². The summed E-state index contributed by atoms with van der Waals surface area (Å²) in [6.45, 7) is 0. The standard InChI is InChI=1S/C11H8BrNO2S/c12-8-3-1-2-7(4-8)11-13-9(6-16-11)5-10(14)15/h1-4,6H,5H2,(H,14,15). The minimum atomic E-state index is -0.855. The minimum Gasteiger partial charge on any atom is -0.481 e. The van der Waals surface area contributed by atoms with Crippen LogP contribution in [0, 0.1) is 0 Å². The topological polar surface area (TPSA) is 50.2 Å². The molecule has 1 aromatic heterocycles. The molecule has 0 bridgehead atoms. The van der Waals surface area contributed by atoms with Gasteiger partial charge < -0.3 is 5.11 Å². The molecular weight excluding hydrogens is 290 g/mol. The van der Waals surface area contributed by atoms with E-state index in [1.165, 1.54) is 11.3 Å². The number of thiazole rings is 1. The quantitative estimate of drug-likeness (QED) is 0.946. The van der Waals surface area contributed by atoms with Crippen molar-refractivity contribution >= 4 is 33.2 Å². The molecule has 0 aliphatic carbocycles. The molecule has 2 rings (SSSR count). The molecule has 0 aliphatic heterocycles. The van der Waals surface area contributed by atoms with Crippen LogP contribution in [0.2, 0.25) is 0 Å². The van der Waals surface area contributed by atoms with Crippen LogP contribution in [0.5, 0.6) is 0 Å². The van der Waals surface area contributed by atoms with E-state index in [-0.39, 0.29) is 6.42 Å². The zero-order valence-corrected chi connectivity index (χ0v) is 10.6. The van der Waals surface area contributed by atoms with Crippen LogP contribution in [0.15, 0.2) is 34.1 Å². The first kappa shape index (κ1) is 11.3. The predicted molar refractivity (Wildman–Crippen MR) is 66.6 cm³/mol. The highest BCUT2D eigenvalue weighted by Crippen LogP contribution is 2.26. The van der Waals surface area contributed by atoms with Crippen molar-refractivity contribution in [2.24, 2.45) is 0 Å². The highest BCUT2D eigenvalue weighted by Gasteiger charge is 2.07. The van der Waals surface area contributed by atoms with E-state index in [4.69, 9.17) is 5.11 Å². The van der Waals surface area contributed by atoms with Gasteiger partial charge in [-0.1, -0.05) is 28.1 Å². The monoisotopic (exact) mass is 297 g/mol. The van der Waals surface area contributed by atoms with Gasteiger partial charge in [0.2, 0.25) is 0 Å². The molecule has 0 saturated heterocycles. The number of aromatic nitrogens is 1. The smallest absolute Gasteiger partial charge is 0.309 e. The van der Waals surface area contributed by atoms with Crippen LogP contribution in [0.4, 0.5) is 0 Å². The molecule has 16 heavy (non-hydrogen) atoms. The molecule has 5 heteroatoms. The molecule has 0 amide bonds. The molecular formula is C11H8BrNO2S. The summed E-state index contributed by atoms with van der Waals surface area (Å²) in [6, 6.07) is 7.78. The molecule has 0 saturated carbocycles. The number of aliphatic carboxylic acids is 1. The van der Waals surface area contributed by atoms with Crippen molar-refractivity contribution in [2.75, 3.05) is 0 Å². The number of carboxylic acid groups (broad SMARTS) is 1. The SMILES string of the molecule is O=C(O)Cc1csc(-c2cccc(Br)c2)n1. The summed E-state index contributed by atoms with van der Waals surface area (Å²) in [5.41, 5.74) is 1.60. The van der Waals surface area contributed by atoms with E-state index < -0.39 is 5.97 Å². The fourth-order valence-electron chi connectivity index (χ4n) is 1.30. The van der Waals surface area contributed by atoms with Gasteiger partial charge >= 0.3 is 5.97 Å². The molecule has 0 spiro atoms. The lowest BCUT2D eigenvalue weighted by Gasteiger charge is -1.96. The van der Waals surface area contributed by atoms with Gasteiger partial charge in [0.1, 0.15) is 5.01 Å². The van der Waals surface area contributed by atoms with Gasteiger partial charge in [0, 0.05) is 15.4 Å². The van der Waals surface area contributed by atoms with Crippen molar-refractivity contribution in [3.8, 4) is 10.6 Å². The summed E-state index contributed by atoms with van der Waals surface area (Å²) in [7, 11) is 0. The van der Waals surface area contributed by atoms with Gasteiger partial charge in [-0.05, 0) is 12.1 Å². The summed E-state index contributed by atoms with van der Waals surface area (Å²) in [5, 5.41) is 11.3. The number of rotatable bonds is 3. The number of hydrogen-bond acceptors (Lipinski definition) is 3. The Labute approximate surface area is 105 Å². The molecule has 0 radical (unpaired) electrons. The van der Waals surface area contributed by atoms with Gasteiger partial charge in [-0.15, -0.1) is 11.3 Å². The van der Waals surface area contributed by atoms with Crippen LogP contribution in [0.1, 0.15) is 5.69 Å². The summed E-state index contributed by atoms with van der Waals surface area (Å²) in [4.78, 5) is 14.8. The highest BCUT2D eigenvalue weighted by molar-refractivity contribution is 9.10. The van der Waals surface area contributed by atoms with Gasteiger partial charge in [0.15, 0.2) is 0 Å². The Hall–Kier alpha value is -1.20. The van der Waals surface area contributed by atoms with Crippen molar-refractivity contribution in [1.29, 1.82) is 0 Å². The van der Waals surface area contributed by atoms with Crippen molar-refractivity contribution in [1.82, 2.24) is 4.98 Å². The largest absolute Gasteiger partial charge is 0.481 e. The van der Waals surface area contributed by atoms with E-state index >= 15 is 0 Å². The van der Waals surface area contributed by atoms with E-state index in [0.717, 1.165) is 15.0 Å². The molecule has 82 valence electrons. The first-order valence-electron chi connectivity index (χ1n) is 4.57. The number of carbonyl (C=O) groups is 1. The van der Waals surface area contributed by atoms with Crippen molar-refractivity contribution in [3.05, 3.63) is 39.8 Å². The molecule has 1 N–H and O–H groups in total. The van der Waals surface area contributed by atoms with E-state index in [2.05, 4.69) is 20.9 Å². The fraction of sp³-hybridized carbons (Fsp3) is 0.0909. The van der Waals surface area contributed by atoms with E-state index in [9.17, 15) is 4.79 Å². The van der Waals surface area contributed by atoms with Crippen molar-refractivity contribution in [2.45, 2.75) is 6.42 Å². The van der Waals surface area contributed by atoms with Crippen LogP contribution < -0.4 is 0 Å². The normalized spacial score (nSPS) is 10.3. The summed E-state index contributed by atoms with van der Waals surface area (Å²) < 4.78 is 0.986. The molecule has 1 aromatic carbocycles. The predicted octanol–water partition coefficient (Wildman–Crippen LogP) is 3.20. The highest BCUT2D eigenvalue weighted by atomic mass is 79.9. The van der Waals surface area contributed by atoms with Crippen LogP contribution in [0.25, 0.3) is 10.6 Å². The zero-order chi connectivity index (χ0) is 11.5. The maximum atomic E-state index is 10.5. The van der Waals surface area contributed by atoms with Gasteiger partial charge in [-0.3, -0.25) is 4.79 Å². The Balaban J connectivity index is 2.28. The van der Waals surface area contributed by atoms with Crippen LogP contribution in [0.3, 0.4) is 0 Å². The molecule has 3 nitrogen and oxygen atoms in total. The second kappa shape index (κ2) is 4.76. The fourth-order valence-corrected chi connectivity index (χ4v) is 2.51. The Morgan fingerprint density at radius 3 is 3.00 bits per heavy atom. The van der Waals surface area contributed by atoms with Gasteiger partial charge in [0.05, 0.1) is 12.1 Å². The molecule has 0 fully saturated rings. The number of nitrogens with zero attached hydrogens (tertiary/aromatic N) is 1. The molecule has 2 aromatic rings. The van der Waals surface area contributed by atoms with Crippen molar-refractivity contribution in [3.63, 3.8) is 0 Å². The van der Waals surface area contributed by atoms with E-state index in [0.29, 0.717) is 5.69 Å². The Bertz CT molecular complexity index is 524. The third-order valence-corrected chi connectivity index (χ3v) is 3.39.